The SMILES string of the molecule is O=C(O)c1cc(C(=O)O)c2n[nH]nc2c1C(=O)O. The maximum Gasteiger partial charge on any atom is 0.338 e. The predicted molar refractivity (Wildman–Crippen MR) is 54.8 cm³/mol. The van der Waals surface area contributed by atoms with Crippen LogP contribution in [0.4, 0.5) is 0 Å². The first-order chi connectivity index (χ1) is 8.43. The highest BCUT2D eigenvalue weighted by Crippen LogP contribution is 2.23. The summed E-state index contributed by atoms with van der Waals surface area (Å²) in [6.07, 6.45) is 0. The maximum atomic E-state index is 11.0. The molecule has 9 heteroatoms. The van der Waals surface area contributed by atoms with Gasteiger partial charge in [-0.3, -0.25) is 0 Å². The van der Waals surface area contributed by atoms with Crippen molar-refractivity contribution in [2.24, 2.45) is 0 Å². The zero-order valence-electron chi connectivity index (χ0n) is 8.54. The maximum absolute atomic E-state index is 11.0. The van der Waals surface area contributed by atoms with Crippen LogP contribution in [-0.4, -0.2) is 48.6 Å². The van der Waals surface area contributed by atoms with Crippen molar-refractivity contribution in [3.63, 3.8) is 0 Å². The Balaban J connectivity index is 2.97. The van der Waals surface area contributed by atoms with Crippen molar-refractivity contribution >= 4 is 28.9 Å². The van der Waals surface area contributed by atoms with Gasteiger partial charge in [0, 0.05) is 0 Å². The number of benzene rings is 1. The van der Waals surface area contributed by atoms with Gasteiger partial charge < -0.3 is 15.3 Å². The van der Waals surface area contributed by atoms with Crippen LogP contribution in [0.2, 0.25) is 0 Å². The van der Waals surface area contributed by atoms with E-state index in [9.17, 15) is 14.4 Å². The van der Waals surface area contributed by atoms with E-state index in [1.165, 1.54) is 0 Å². The molecule has 0 aliphatic rings. The number of aromatic nitrogens is 3. The number of carboxylic acids is 3. The molecule has 1 heterocycles. The van der Waals surface area contributed by atoms with Crippen LogP contribution in [-0.2, 0) is 0 Å². The first kappa shape index (κ1) is 11.5. The fourth-order valence-corrected chi connectivity index (χ4v) is 1.55. The normalized spacial score (nSPS) is 10.4. The molecule has 1 aromatic carbocycles. The predicted octanol–water partition coefficient (Wildman–Crippen LogP) is 0.0525. The molecular formula is C9H5N3O6. The number of nitrogens with zero attached hydrogens (tertiary/aromatic N) is 2. The number of fused-ring (bicyclic) bond motifs is 1. The highest BCUT2D eigenvalue weighted by atomic mass is 16.4. The molecule has 0 amide bonds. The number of carboxylic acid groups (broad SMARTS) is 3. The van der Waals surface area contributed by atoms with Gasteiger partial charge in [-0.2, -0.15) is 15.4 Å². The van der Waals surface area contributed by atoms with Gasteiger partial charge in [0.15, 0.2) is 0 Å². The van der Waals surface area contributed by atoms with Crippen LogP contribution in [0.3, 0.4) is 0 Å². The summed E-state index contributed by atoms with van der Waals surface area (Å²) in [6, 6.07) is 0.749. The van der Waals surface area contributed by atoms with E-state index in [1.54, 1.807) is 0 Å². The van der Waals surface area contributed by atoms with Crippen molar-refractivity contribution in [1.29, 1.82) is 0 Å². The van der Waals surface area contributed by atoms with E-state index in [2.05, 4.69) is 15.4 Å². The Morgan fingerprint density at radius 2 is 1.44 bits per heavy atom. The topological polar surface area (TPSA) is 153 Å². The molecule has 0 saturated heterocycles. The Kier molecular flexibility index (Phi) is 2.43. The number of carbonyl (C=O) groups is 3. The van der Waals surface area contributed by atoms with Gasteiger partial charge in [0.25, 0.3) is 0 Å². The lowest BCUT2D eigenvalue weighted by molar-refractivity contribution is 0.0651. The molecule has 0 fully saturated rings. The third kappa shape index (κ3) is 1.54. The van der Waals surface area contributed by atoms with Crippen molar-refractivity contribution in [2.45, 2.75) is 0 Å². The highest BCUT2D eigenvalue weighted by Gasteiger charge is 2.26. The van der Waals surface area contributed by atoms with Gasteiger partial charge in [-0.1, -0.05) is 0 Å². The number of aromatic carboxylic acids is 3. The van der Waals surface area contributed by atoms with E-state index in [0.29, 0.717) is 0 Å². The van der Waals surface area contributed by atoms with Gasteiger partial charge >= 0.3 is 17.9 Å². The van der Waals surface area contributed by atoms with Crippen LogP contribution >= 0.6 is 0 Å². The van der Waals surface area contributed by atoms with Gasteiger partial charge in [-0.25, -0.2) is 14.4 Å². The number of aromatic amines is 1. The summed E-state index contributed by atoms with van der Waals surface area (Å²) in [5.41, 5.74) is -2.19. The van der Waals surface area contributed by atoms with Gasteiger partial charge in [0.1, 0.15) is 16.6 Å². The molecule has 0 aliphatic heterocycles. The first-order valence-electron chi connectivity index (χ1n) is 4.50. The summed E-state index contributed by atoms with van der Waals surface area (Å²) < 4.78 is 0. The van der Waals surface area contributed by atoms with Crippen molar-refractivity contribution in [3.8, 4) is 0 Å². The smallest absolute Gasteiger partial charge is 0.338 e. The van der Waals surface area contributed by atoms with E-state index < -0.39 is 34.6 Å². The molecule has 92 valence electrons. The molecule has 0 saturated carbocycles. The fraction of sp³-hybridized carbons (Fsp3) is 0. The monoisotopic (exact) mass is 251 g/mol. The Labute approximate surface area is 97.7 Å². The van der Waals surface area contributed by atoms with Crippen LogP contribution in [0.5, 0.6) is 0 Å². The largest absolute Gasteiger partial charge is 0.478 e. The summed E-state index contributed by atoms with van der Waals surface area (Å²) in [6.45, 7) is 0. The molecule has 2 aromatic rings. The minimum absolute atomic E-state index is 0.204. The zero-order valence-corrected chi connectivity index (χ0v) is 8.54. The molecule has 0 bridgehead atoms. The molecule has 0 atom stereocenters. The minimum Gasteiger partial charge on any atom is -0.478 e. The second-order valence-corrected chi connectivity index (χ2v) is 3.28. The molecule has 0 spiro atoms. The lowest BCUT2D eigenvalue weighted by Gasteiger charge is -2.04. The van der Waals surface area contributed by atoms with Gasteiger partial charge in [-0.05, 0) is 6.07 Å². The molecule has 2 rings (SSSR count). The molecule has 9 nitrogen and oxygen atoms in total. The number of H-pyrrole nitrogens is 1. The van der Waals surface area contributed by atoms with Gasteiger partial charge in [0.05, 0.1) is 11.1 Å². The molecule has 18 heavy (non-hydrogen) atoms. The van der Waals surface area contributed by atoms with Crippen LogP contribution < -0.4 is 0 Å². The van der Waals surface area contributed by atoms with Crippen LogP contribution in [0.25, 0.3) is 11.0 Å². The van der Waals surface area contributed by atoms with E-state index in [4.69, 9.17) is 15.3 Å². The zero-order chi connectivity index (χ0) is 13.4. The summed E-state index contributed by atoms with van der Waals surface area (Å²) in [4.78, 5) is 32.9. The van der Waals surface area contributed by atoms with Gasteiger partial charge in [-0.15, -0.1) is 0 Å². The molecular weight excluding hydrogens is 246 g/mol. The average molecular weight is 251 g/mol. The average Bonchev–Trinajstić information content (AvgIpc) is 2.73. The van der Waals surface area contributed by atoms with Crippen LogP contribution in [0.1, 0.15) is 31.1 Å². The summed E-state index contributed by atoms with van der Waals surface area (Å²) in [5.74, 6) is -4.50. The highest BCUT2D eigenvalue weighted by molar-refractivity contribution is 6.14. The second kappa shape index (κ2) is 3.80. The summed E-state index contributed by atoms with van der Waals surface area (Å²) in [7, 11) is 0. The lowest BCUT2D eigenvalue weighted by atomic mass is 10.0. The van der Waals surface area contributed by atoms with E-state index in [1.807, 2.05) is 0 Å². The Bertz CT molecular complexity index is 689. The molecule has 0 unspecified atom stereocenters. The van der Waals surface area contributed by atoms with Crippen molar-refractivity contribution in [3.05, 3.63) is 22.8 Å². The Hall–Kier alpha value is -2.97. The standard InChI is InChI=1S/C9H5N3O6/c13-7(14)2-1-3(8(15)16)5-6(11-12-10-5)4(2)9(17)18/h1H,(H,13,14)(H,15,16)(H,17,18)(H,10,11,12). The first-order valence-corrected chi connectivity index (χ1v) is 4.50. The Morgan fingerprint density at radius 3 is 1.94 bits per heavy atom. The number of hydrogen-bond acceptors (Lipinski definition) is 5. The number of rotatable bonds is 3. The third-order valence-corrected chi connectivity index (χ3v) is 2.27. The molecule has 1 aromatic heterocycles. The van der Waals surface area contributed by atoms with Crippen LogP contribution in [0, 0.1) is 0 Å². The lowest BCUT2D eigenvalue weighted by Crippen LogP contribution is -2.12. The van der Waals surface area contributed by atoms with Gasteiger partial charge in [0.2, 0.25) is 0 Å². The molecule has 4 N–H and O–H groups in total. The third-order valence-electron chi connectivity index (χ3n) is 2.27. The Morgan fingerprint density at radius 1 is 0.889 bits per heavy atom. The van der Waals surface area contributed by atoms with E-state index in [-0.39, 0.29) is 11.0 Å². The fourth-order valence-electron chi connectivity index (χ4n) is 1.55. The van der Waals surface area contributed by atoms with E-state index in [0.717, 1.165) is 6.07 Å². The number of hydrogen-bond donors (Lipinski definition) is 4. The van der Waals surface area contributed by atoms with E-state index >= 15 is 0 Å². The molecule has 0 aliphatic carbocycles. The van der Waals surface area contributed by atoms with Crippen molar-refractivity contribution in [2.75, 3.05) is 0 Å². The summed E-state index contributed by atoms with van der Waals surface area (Å²) >= 11 is 0. The minimum atomic E-state index is -1.56. The second-order valence-electron chi connectivity index (χ2n) is 3.28. The quantitative estimate of drug-likeness (QED) is 0.596. The van der Waals surface area contributed by atoms with Crippen molar-refractivity contribution < 1.29 is 29.7 Å². The number of nitrogens with one attached hydrogen (secondary N) is 1. The van der Waals surface area contributed by atoms with Crippen molar-refractivity contribution in [1.82, 2.24) is 15.4 Å². The summed E-state index contributed by atoms with van der Waals surface area (Å²) in [5, 5.41) is 35.9. The van der Waals surface area contributed by atoms with Crippen LogP contribution in [0.15, 0.2) is 6.07 Å². The molecule has 0 radical (unpaired) electrons.